The van der Waals surface area contributed by atoms with Crippen molar-refractivity contribution in [2.24, 2.45) is 0 Å². The molecule has 0 heterocycles. The highest BCUT2D eigenvalue weighted by Crippen LogP contribution is 2.28. The molecular weight excluding hydrogens is 304 g/mol. The van der Waals surface area contributed by atoms with Crippen molar-refractivity contribution in [2.75, 3.05) is 0 Å². The van der Waals surface area contributed by atoms with Crippen molar-refractivity contribution in [1.82, 2.24) is 0 Å². The first-order valence-corrected chi connectivity index (χ1v) is 7.42. The molecule has 0 amide bonds. The highest BCUT2D eigenvalue weighted by molar-refractivity contribution is 6.13. The minimum atomic E-state index is -1.45. The van der Waals surface area contributed by atoms with Crippen LogP contribution in [0, 0.1) is 6.92 Å². The number of hydrogen-bond acceptors (Lipinski definition) is 2. The first-order chi connectivity index (χ1) is 11.4. The van der Waals surface area contributed by atoms with Crippen LogP contribution in [0.25, 0.3) is 5.57 Å². The van der Waals surface area contributed by atoms with Crippen LogP contribution >= 0.6 is 0 Å². The maximum absolute atomic E-state index is 11.2. The van der Waals surface area contributed by atoms with Crippen LogP contribution in [0.4, 0.5) is 0 Å². The monoisotopic (exact) mass is 322 g/mol. The SMILES string of the molecule is CC(C=C(c1ccccc1)c1ccccc1C)=C(C(=O)O)C(=O)O. The summed E-state index contributed by atoms with van der Waals surface area (Å²) in [5, 5.41) is 18.3. The van der Waals surface area contributed by atoms with Crippen LogP contribution < -0.4 is 0 Å². The van der Waals surface area contributed by atoms with Gasteiger partial charge in [0.15, 0.2) is 0 Å². The van der Waals surface area contributed by atoms with E-state index in [0.29, 0.717) is 0 Å². The number of carboxylic acid groups (broad SMARTS) is 2. The number of allylic oxidation sites excluding steroid dienone is 2. The van der Waals surface area contributed by atoms with Crippen LogP contribution in [0.1, 0.15) is 23.6 Å². The third kappa shape index (κ3) is 3.79. The van der Waals surface area contributed by atoms with E-state index >= 15 is 0 Å². The Morgan fingerprint density at radius 2 is 1.42 bits per heavy atom. The Morgan fingerprint density at radius 3 is 1.96 bits per heavy atom. The van der Waals surface area contributed by atoms with Crippen LogP contribution in [0.15, 0.2) is 71.8 Å². The summed E-state index contributed by atoms with van der Waals surface area (Å²) in [6.07, 6.45) is 1.62. The average Bonchev–Trinajstić information content (AvgIpc) is 2.53. The van der Waals surface area contributed by atoms with Crippen LogP contribution in [-0.4, -0.2) is 22.2 Å². The predicted molar refractivity (Wildman–Crippen MR) is 92.7 cm³/mol. The first kappa shape index (κ1) is 17.2. The molecule has 24 heavy (non-hydrogen) atoms. The fourth-order valence-electron chi connectivity index (χ4n) is 2.53. The van der Waals surface area contributed by atoms with Gasteiger partial charge in [-0.15, -0.1) is 0 Å². The summed E-state index contributed by atoms with van der Waals surface area (Å²) in [7, 11) is 0. The number of rotatable bonds is 5. The van der Waals surface area contributed by atoms with Crippen LogP contribution in [0.2, 0.25) is 0 Å². The van der Waals surface area contributed by atoms with Crippen molar-refractivity contribution in [3.8, 4) is 0 Å². The van der Waals surface area contributed by atoms with Crippen molar-refractivity contribution in [3.05, 3.63) is 88.5 Å². The van der Waals surface area contributed by atoms with E-state index < -0.39 is 17.5 Å². The summed E-state index contributed by atoms with van der Waals surface area (Å²) in [5.74, 6) is -2.90. The lowest BCUT2D eigenvalue weighted by Gasteiger charge is -2.12. The summed E-state index contributed by atoms with van der Waals surface area (Å²) in [6, 6.07) is 17.2. The van der Waals surface area contributed by atoms with Gasteiger partial charge in [-0.1, -0.05) is 54.6 Å². The molecule has 0 spiro atoms. The number of aryl methyl sites for hydroxylation is 1. The molecule has 0 aliphatic carbocycles. The largest absolute Gasteiger partial charge is 0.477 e. The highest BCUT2D eigenvalue weighted by Gasteiger charge is 2.19. The second-order valence-electron chi connectivity index (χ2n) is 5.41. The molecule has 0 fully saturated rings. The van der Waals surface area contributed by atoms with Gasteiger partial charge in [0.05, 0.1) is 0 Å². The molecule has 0 radical (unpaired) electrons. The van der Waals surface area contributed by atoms with Gasteiger partial charge in [-0.05, 0) is 47.8 Å². The Labute approximate surface area is 140 Å². The smallest absolute Gasteiger partial charge is 0.343 e. The molecular formula is C20H18O4. The maximum Gasteiger partial charge on any atom is 0.343 e. The molecule has 0 saturated heterocycles. The van der Waals surface area contributed by atoms with Crippen LogP contribution in [-0.2, 0) is 9.59 Å². The zero-order valence-corrected chi connectivity index (χ0v) is 13.5. The minimum Gasteiger partial charge on any atom is -0.477 e. The van der Waals surface area contributed by atoms with Crippen molar-refractivity contribution in [3.63, 3.8) is 0 Å². The number of hydrogen-bond donors (Lipinski definition) is 2. The molecule has 0 saturated carbocycles. The predicted octanol–water partition coefficient (Wildman–Crippen LogP) is 3.91. The number of carbonyl (C=O) groups is 2. The van der Waals surface area contributed by atoms with Gasteiger partial charge in [-0.2, -0.15) is 0 Å². The highest BCUT2D eigenvalue weighted by atomic mass is 16.4. The van der Waals surface area contributed by atoms with Gasteiger partial charge in [0.25, 0.3) is 0 Å². The Bertz CT molecular complexity index is 814. The lowest BCUT2D eigenvalue weighted by atomic mass is 9.92. The molecule has 0 atom stereocenters. The van der Waals surface area contributed by atoms with Gasteiger partial charge in [-0.25, -0.2) is 9.59 Å². The Kier molecular flexibility index (Phi) is 5.32. The summed E-state index contributed by atoms with van der Waals surface area (Å²) >= 11 is 0. The fraction of sp³-hybridized carbons (Fsp3) is 0.100. The van der Waals surface area contributed by atoms with Crippen molar-refractivity contribution < 1.29 is 19.8 Å². The van der Waals surface area contributed by atoms with Crippen molar-refractivity contribution in [2.45, 2.75) is 13.8 Å². The molecule has 0 aliphatic rings. The molecule has 2 aromatic carbocycles. The quantitative estimate of drug-likeness (QED) is 0.379. The third-order valence-electron chi connectivity index (χ3n) is 3.70. The molecule has 4 nitrogen and oxygen atoms in total. The van der Waals surface area contributed by atoms with Gasteiger partial charge in [0, 0.05) is 0 Å². The van der Waals surface area contributed by atoms with Crippen LogP contribution in [0.5, 0.6) is 0 Å². The zero-order chi connectivity index (χ0) is 17.7. The third-order valence-corrected chi connectivity index (χ3v) is 3.70. The normalized spacial score (nSPS) is 11.0. The molecule has 4 heteroatoms. The Morgan fingerprint density at radius 1 is 0.875 bits per heavy atom. The second-order valence-corrected chi connectivity index (χ2v) is 5.41. The topological polar surface area (TPSA) is 74.6 Å². The molecule has 0 unspecified atom stereocenters. The minimum absolute atomic E-state index is 0.192. The summed E-state index contributed by atoms with van der Waals surface area (Å²) in [6.45, 7) is 3.46. The van der Waals surface area contributed by atoms with Gasteiger partial charge >= 0.3 is 11.9 Å². The molecule has 2 aromatic rings. The molecule has 122 valence electrons. The van der Waals surface area contributed by atoms with E-state index in [1.54, 1.807) is 6.08 Å². The number of carboxylic acids is 2. The first-order valence-electron chi connectivity index (χ1n) is 7.42. The molecule has 0 aliphatic heterocycles. The number of benzene rings is 2. The molecule has 0 aromatic heterocycles. The summed E-state index contributed by atoms with van der Waals surface area (Å²) < 4.78 is 0. The zero-order valence-electron chi connectivity index (χ0n) is 13.5. The second kappa shape index (κ2) is 7.42. The maximum atomic E-state index is 11.2. The standard InChI is InChI=1S/C20H18O4/c1-13-8-6-7-11-16(13)17(15-9-4-3-5-10-15)12-14(2)18(19(21)22)20(23)24/h3-12H,1-2H3,(H,21,22)(H,23,24). The fourth-order valence-corrected chi connectivity index (χ4v) is 2.53. The van der Waals surface area contributed by atoms with Gasteiger partial charge in [0.1, 0.15) is 5.57 Å². The van der Waals surface area contributed by atoms with Crippen LogP contribution in [0.3, 0.4) is 0 Å². The van der Waals surface area contributed by atoms with E-state index in [0.717, 1.165) is 22.3 Å². The lowest BCUT2D eigenvalue weighted by molar-refractivity contribution is -0.140. The van der Waals surface area contributed by atoms with Crippen molar-refractivity contribution in [1.29, 1.82) is 0 Å². The van der Waals surface area contributed by atoms with E-state index in [4.69, 9.17) is 10.2 Å². The van der Waals surface area contributed by atoms with E-state index in [1.165, 1.54) is 6.92 Å². The summed E-state index contributed by atoms with van der Waals surface area (Å²) in [5.41, 5.74) is 3.19. The average molecular weight is 322 g/mol. The molecule has 0 bridgehead atoms. The van der Waals surface area contributed by atoms with E-state index in [2.05, 4.69) is 0 Å². The van der Waals surface area contributed by atoms with Gasteiger partial charge in [-0.3, -0.25) is 0 Å². The van der Waals surface area contributed by atoms with Crippen molar-refractivity contribution >= 4 is 17.5 Å². The lowest BCUT2D eigenvalue weighted by Crippen LogP contribution is -2.13. The molecule has 2 rings (SSSR count). The number of aliphatic carboxylic acids is 2. The van der Waals surface area contributed by atoms with Gasteiger partial charge in [0.2, 0.25) is 0 Å². The van der Waals surface area contributed by atoms with E-state index in [9.17, 15) is 9.59 Å². The molecule has 2 N–H and O–H groups in total. The summed E-state index contributed by atoms with van der Waals surface area (Å²) in [4.78, 5) is 22.5. The van der Waals surface area contributed by atoms with Gasteiger partial charge < -0.3 is 10.2 Å². The van der Waals surface area contributed by atoms with E-state index in [-0.39, 0.29) is 5.57 Å². The Balaban J connectivity index is 2.72. The van der Waals surface area contributed by atoms with E-state index in [1.807, 2.05) is 61.5 Å². The Hall–Kier alpha value is -3.14.